The second-order valence-electron chi connectivity index (χ2n) is 8.07. The number of nitrogens with zero attached hydrogens (tertiary/aromatic N) is 4. The molecule has 2 aromatic heterocycles. The summed E-state index contributed by atoms with van der Waals surface area (Å²) in [7, 11) is 1.74. The van der Waals surface area contributed by atoms with Crippen molar-refractivity contribution in [2.75, 3.05) is 37.6 Å². The van der Waals surface area contributed by atoms with Crippen LogP contribution in [-0.2, 0) is 13.5 Å². The van der Waals surface area contributed by atoms with E-state index in [0.29, 0.717) is 5.58 Å². The van der Waals surface area contributed by atoms with E-state index in [1.54, 1.807) is 23.0 Å². The van der Waals surface area contributed by atoms with Crippen molar-refractivity contribution in [1.29, 1.82) is 5.26 Å². The lowest BCUT2D eigenvalue weighted by atomic mass is 10.1. The minimum absolute atomic E-state index is 0.316. The summed E-state index contributed by atoms with van der Waals surface area (Å²) in [5.41, 5.74) is 4.61. The number of aromatic nitrogens is 1. The van der Waals surface area contributed by atoms with E-state index in [4.69, 9.17) is 9.68 Å². The average molecular weight is 433 g/mol. The monoisotopic (exact) mass is 432 g/mol. The Morgan fingerprint density at radius 1 is 1.16 bits per heavy atom. The number of para-hydroxylation sites is 1. The molecular weight excluding hydrogens is 408 g/mol. The third-order valence-corrected chi connectivity index (χ3v) is 7.23. The van der Waals surface area contributed by atoms with E-state index in [1.165, 1.54) is 15.6 Å². The van der Waals surface area contributed by atoms with Crippen LogP contribution in [0.5, 0.6) is 0 Å². The Bertz CT molecular complexity index is 1340. The molecule has 5 rings (SSSR count). The standard InChI is InChI=1S/C24H24N4O2S/c1-26-20-5-2-6-21(23(20)30-24(26)29)28-12-10-27(11-13-28)9-3-4-18-16-31-22-8-7-17(15-25)14-19(18)22/h2,5-8,14,16H,3-4,9-13H2,1H3. The highest BCUT2D eigenvalue weighted by Crippen LogP contribution is 2.29. The van der Waals surface area contributed by atoms with Gasteiger partial charge in [0.2, 0.25) is 0 Å². The fraction of sp³-hybridized carbons (Fsp3) is 0.333. The van der Waals surface area contributed by atoms with Crippen LogP contribution in [0.1, 0.15) is 17.5 Å². The lowest BCUT2D eigenvalue weighted by Gasteiger charge is -2.36. The summed E-state index contributed by atoms with van der Waals surface area (Å²) < 4.78 is 8.31. The van der Waals surface area contributed by atoms with Crippen molar-refractivity contribution in [3.05, 3.63) is 63.5 Å². The second kappa shape index (κ2) is 8.22. The number of anilines is 1. The Morgan fingerprint density at radius 2 is 2.00 bits per heavy atom. The van der Waals surface area contributed by atoms with Gasteiger partial charge in [-0.3, -0.25) is 9.47 Å². The van der Waals surface area contributed by atoms with Crippen LogP contribution in [0.4, 0.5) is 5.69 Å². The average Bonchev–Trinajstić information content (AvgIpc) is 3.34. The van der Waals surface area contributed by atoms with Gasteiger partial charge in [0.1, 0.15) is 0 Å². The zero-order valence-corrected chi connectivity index (χ0v) is 18.3. The van der Waals surface area contributed by atoms with Gasteiger partial charge in [-0.2, -0.15) is 5.26 Å². The fourth-order valence-corrected chi connectivity index (χ4v) is 5.41. The number of oxazole rings is 1. The quantitative estimate of drug-likeness (QED) is 0.477. The predicted octanol–water partition coefficient (Wildman–Crippen LogP) is 3.97. The Morgan fingerprint density at radius 3 is 2.81 bits per heavy atom. The van der Waals surface area contributed by atoms with Crippen molar-refractivity contribution in [1.82, 2.24) is 9.47 Å². The second-order valence-corrected chi connectivity index (χ2v) is 8.98. The Kier molecular flexibility index (Phi) is 5.26. The van der Waals surface area contributed by atoms with Crippen LogP contribution >= 0.6 is 11.3 Å². The van der Waals surface area contributed by atoms with Gasteiger partial charge in [-0.05, 0) is 66.0 Å². The van der Waals surface area contributed by atoms with Crippen LogP contribution < -0.4 is 10.7 Å². The van der Waals surface area contributed by atoms with Gasteiger partial charge in [0.25, 0.3) is 0 Å². The topological polar surface area (TPSA) is 65.4 Å². The number of hydrogen-bond donors (Lipinski definition) is 0. The highest BCUT2D eigenvalue weighted by Gasteiger charge is 2.21. The molecule has 1 fully saturated rings. The molecular formula is C24H24N4O2S. The van der Waals surface area contributed by atoms with Gasteiger partial charge in [-0.1, -0.05) is 6.07 Å². The summed E-state index contributed by atoms with van der Waals surface area (Å²) in [6.45, 7) is 4.90. The molecule has 0 unspecified atom stereocenters. The molecule has 0 atom stereocenters. The molecule has 1 aliphatic rings. The highest BCUT2D eigenvalue weighted by molar-refractivity contribution is 7.17. The smallest absolute Gasteiger partial charge is 0.405 e. The zero-order chi connectivity index (χ0) is 21.4. The van der Waals surface area contributed by atoms with E-state index in [2.05, 4.69) is 27.3 Å². The van der Waals surface area contributed by atoms with Crippen molar-refractivity contribution in [3.63, 3.8) is 0 Å². The van der Waals surface area contributed by atoms with Gasteiger partial charge in [0.15, 0.2) is 5.58 Å². The Balaban J connectivity index is 1.19. The number of thiophene rings is 1. The van der Waals surface area contributed by atoms with Gasteiger partial charge in [0, 0.05) is 37.9 Å². The highest BCUT2D eigenvalue weighted by atomic mass is 32.1. The molecule has 7 heteroatoms. The zero-order valence-electron chi connectivity index (χ0n) is 17.5. The molecule has 0 radical (unpaired) electrons. The first-order valence-electron chi connectivity index (χ1n) is 10.6. The van der Waals surface area contributed by atoms with Crippen molar-refractivity contribution in [2.24, 2.45) is 7.05 Å². The van der Waals surface area contributed by atoms with Crippen LogP contribution in [0.25, 0.3) is 21.2 Å². The maximum atomic E-state index is 11.9. The largest absolute Gasteiger partial charge is 0.419 e. The Hall–Kier alpha value is -3.08. The minimum atomic E-state index is -0.316. The van der Waals surface area contributed by atoms with E-state index in [9.17, 15) is 4.79 Å². The number of benzene rings is 2. The van der Waals surface area contributed by atoms with Crippen molar-refractivity contribution in [3.8, 4) is 6.07 Å². The number of nitriles is 1. The lowest BCUT2D eigenvalue weighted by molar-refractivity contribution is 0.255. The number of fused-ring (bicyclic) bond motifs is 2. The molecule has 0 N–H and O–H groups in total. The predicted molar refractivity (Wildman–Crippen MR) is 125 cm³/mol. The summed E-state index contributed by atoms with van der Waals surface area (Å²) in [6.07, 6.45) is 2.13. The normalized spacial score (nSPS) is 15.0. The SMILES string of the molecule is Cn1c(=O)oc2c(N3CCN(CCCc4csc5ccc(C#N)cc45)CC3)cccc21. The van der Waals surface area contributed by atoms with E-state index in [0.717, 1.165) is 62.3 Å². The summed E-state index contributed by atoms with van der Waals surface area (Å²) in [5.74, 6) is -0.316. The van der Waals surface area contributed by atoms with Gasteiger partial charge in [-0.25, -0.2) is 4.79 Å². The summed E-state index contributed by atoms with van der Waals surface area (Å²) >= 11 is 1.76. The van der Waals surface area contributed by atoms with E-state index >= 15 is 0 Å². The van der Waals surface area contributed by atoms with Crippen LogP contribution in [0.2, 0.25) is 0 Å². The third-order valence-electron chi connectivity index (χ3n) is 6.21. The maximum absolute atomic E-state index is 11.9. The number of hydrogen-bond acceptors (Lipinski definition) is 6. The van der Waals surface area contributed by atoms with Crippen LogP contribution in [0.15, 0.2) is 51.0 Å². The van der Waals surface area contributed by atoms with E-state index in [-0.39, 0.29) is 5.76 Å². The molecule has 0 saturated carbocycles. The summed E-state index contributed by atoms with van der Waals surface area (Å²) in [5, 5.41) is 12.6. The molecule has 2 aromatic carbocycles. The molecule has 1 aliphatic heterocycles. The van der Waals surface area contributed by atoms with Gasteiger partial charge >= 0.3 is 5.76 Å². The van der Waals surface area contributed by atoms with Crippen LogP contribution in [-0.4, -0.2) is 42.2 Å². The third kappa shape index (κ3) is 3.73. The first-order chi connectivity index (χ1) is 15.1. The van der Waals surface area contributed by atoms with Crippen LogP contribution in [0.3, 0.4) is 0 Å². The van der Waals surface area contributed by atoms with Crippen molar-refractivity contribution >= 4 is 38.2 Å². The van der Waals surface area contributed by atoms with E-state index in [1.807, 2.05) is 30.3 Å². The van der Waals surface area contributed by atoms with Gasteiger partial charge < -0.3 is 9.32 Å². The first-order valence-corrected chi connectivity index (χ1v) is 11.5. The Labute approximate surface area is 184 Å². The molecule has 4 aromatic rings. The number of rotatable bonds is 5. The molecule has 6 nitrogen and oxygen atoms in total. The molecule has 31 heavy (non-hydrogen) atoms. The van der Waals surface area contributed by atoms with Gasteiger partial charge in [0.05, 0.1) is 22.8 Å². The molecule has 0 bridgehead atoms. The van der Waals surface area contributed by atoms with Crippen LogP contribution in [0, 0.1) is 11.3 Å². The molecule has 0 amide bonds. The van der Waals surface area contributed by atoms with Crippen molar-refractivity contribution < 1.29 is 4.42 Å². The minimum Gasteiger partial charge on any atom is -0.405 e. The van der Waals surface area contributed by atoms with Gasteiger partial charge in [-0.15, -0.1) is 11.3 Å². The molecule has 3 heterocycles. The molecule has 158 valence electrons. The molecule has 1 saturated heterocycles. The summed E-state index contributed by atoms with van der Waals surface area (Å²) in [6, 6.07) is 14.2. The maximum Gasteiger partial charge on any atom is 0.419 e. The molecule has 0 aliphatic carbocycles. The lowest BCUT2D eigenvalue weighted by Crippen LogP contribution is -2.46. The number of aryl methyl sites for hydroxylation is 2. The fourth-order valence-electron chi connectivity index (χ4n) is 4.44. The van der Waals surface area contributed by atoms with Crippen molar-refractivity contribution in [2.45, 2.75) is 12.8 Å². The molecule has 0 spiro atoms. The first kappa shape index (κ1) is 19.9. The van der Waals surface area contributed by atoms with E-state index < -0.39 is 0 Å². The number of piperazine rings is 1. The summed E-state index contributed by atoms with van der Waals surface area (Å²) in [4.78, 5) is 16.7.